The summed E-state index contributed by atoms with van der Waals surface area (Å²) in [5, 5.41) is 0. The number of carbonyl (C=O) groups excluding carboxylic acids is 1. The van der Waals surface area contributed by atoms with Crippen LogP contribution in [0.2, 0.25) is 0 Å². The zero-order chi connectivity index (χ0) is 14.7. The molecular weight excluding hydrogens is 260 g/mol. The highest BCUT2D eigenvalue weighted by molar-refractivity contribution is 5.97. The number of halogens is 2. The highest BCUT2D eigenvalue weighted by Crippen LogP contribution is 2.17. The fourth-order valence-corrected chi connectivity index (χ4v) is 1.91. The van der Waals surface area contributed by atoms with Crippen LogP contribution in [-0.2, 0) is 6.42 Å². The molecule has 0 atom stereocenters. The van der Waals surface area contributed by atoms with E-state index in [1.54, 1.807) is 24.3 Å². The van der Waals surface area contributed by atoms with Gasteiger partial charge in [0, 0.05) is 37.3 Å². The summed E-state index contributed by atoms with van der Waals surface area (Å²) in [6.45, 7) is 0. The monoisotopic (exact) mass is 275 g/mol. The second-order valence-electron chi connectivity index (χ2n) is 4.74. The van der Waals surface area contributed by atoms with Crippen molar-refractivity contribution in [1.82, 2.24) is 0 Å². The number of carbonyl (C=O) groups is 1. The number of Topliss-reactive ketones (excluding diaryl/α,β-unsaturated/α-hetero) is 1. The van der Waals surface area contributed by atoms with Crippen LogP contribution in [0.15, 0.2) is 42.5 Å². The minimum atomic E-state index is -0.691. The van der Waals surface area contributed by atoms with E-state index in [9.17, 15) is 13.6 Å². The molecule has 0 N–H and O–H groups in total. The average molecular weight is 275 g/mol. The summed E-state index contributed by atoms with van der Waals surface area (Å²) in [6, 6.07) is 10.5. The fourth-order valence-electron chi connectivity index (χ4n) is 1.91. The predicted molar refractivity (Wildman–Crippen MR) is 75.2 cm³/mol. The Morgan fingerprint density at radius 2 is 1.55 bits per heavy atom. The van der Waals surface area contributed by atoms with Crippen LogP contribution in [-0.4, -0.2) is 19.9 Å². The predicted octanol–water partition coefficient (Wildman–Crippen LogP) is 3.46. The number of hydrogen-bond donors (Lipinski definition) is 0. The number of ketones is 1. The van der Waals surface area contributed by atoms with Crippen LogP contribution >= 0.6 is 0 Å². The summed E-state index contributed by atoms with van der Waals surface area (Å²) < 4.78 is 27.0. The zero-order valence-electron chi connectivity index (χ0n) is 11.4. The maximum atomic E-state index is 13.5. The lowest BCUT2D eigenvalue weighted by atomic mass is 10.0. The Balaban J connectivity index is 2.20. The highest BCUT2D eigenvalue weighted by atomic mass is 19.1. The standard InChI is InChI=1S/C16H15F2NO/c1-19(2)12-8-6-11(7-9-12)16(20)10-13-14(17)4-3-5-15(13)18/h3-9H,10H2,1-2H3. The molecular formula is C16H15F2NO. The third-order valence-corrected chi connectivity index (χ3v) is 3.10. The summed E-state index contributed by atoms with van der Waals surface area (Å²) in [7, 11) is 3.79. The van der Waals surface area contributed by atoms with Crippen molar-refractivity contribution in [3.8, 4) is 0 Å². The first kappa shape index (κ1) is 14.2. The van der Waals surface area contributed by atoms with Crippen LogP contribution in [0, 0.1) is 11.6 Å². The lowest BCUT2D eigenvalue weighted by molar-refractivity contribution is 0.0990. The number of hydrogen-bond acceptors (Lipinski definition) is 2. The van der Waals surface area contributed by atoms with E-state index in [-0.39, 0.29) is 17.8 Å². The molecule has 0 fully saturated rings. The van der Waals surface area contributed by atoms with Gasteiger partial charge in [-0.05, 0) is 36.4 Å². The van der Waals surface area contributed by atoms with Gasteiger partial charge in [-0.3, -0.25) is 4.79 Å². The van der Waals surface area contributed by atoms with Crippen LogP contribution in [0.5, 0.6) is 0 Å². The molecule has 0 saturated carbocycles. The molecule has 0 aromatic heterocycles. The van der Waals surface area contributed by atoms with Gasteiger partial charge in [0.25, 0.3) is 0 Å². The summed E-state index contributed by atoms with van der Waals surface area (Å²) in [5.74, 6) is -1.69. The molecule has 0 radical (unpaired) electrons. The van der Waals surface area contributed by atoms with Crippen LogP contribution < -0.4 is 4.90 Å². The van der Waals surface area contributed by atoms with Crippen molar-refractivity contribution in [1.29, 1.82) is 0 Å². The molecule has 2 aromatic rings. The van der Waals surface area contributed by atoms with E-state index in [1.807, 2.05) is 19.0 Å². The molecule has 0 aliphatic carbocycles. The summed E-state index contributed by atoms with van der Waals surface area (Å²) in [5.41, 5.74) is 1.21. The number of anilines is 1. The maximum absolute atomic E-state index is 13.5. The van der Waals surface area contributed by atoms with Gasteiger partial charge in [-0.15, -0.1) is 0 Å². The van der Waals surface area contributed by atoms with Crippen molar-refractivity contribution in [3.63, 3.8) is 0 Å². The topological polar surface area (TPSA) is 20.3 Å². The molecule has 0 spiro atoms. The summed E-state index contributed by atoms with van der Waals surface area (Å²) in [4.78, 5) is 14.0. The van der Waals surface area contributed by atoms with E-state index in [0.717, 1.165) is 17.8 Å². The molecule has 104 valence electrons. The Kier molecular flexibility index (Phi) is 4.13. The van der Waals surface area contributed by atoms with E-state index >= 15 is 0 Å². The molecule has 0 unspecified atom stereocenters. The Morgan fingerprint density at radius 1 is 1.00 bits per heavy atom. The number of benzene rings is 2. The Hall–Kier alpha value is -2.23. The van der Waals surface area contributed by atoms with Crippen molar-refractivity contribution in [3.05, 3.63) is 65.2 Å². The van der Waals surface area contributed by atoms with E-state index in [1.165, 1.54) is 6.07 Å². The smallest absolute Gasteiger partial charge is 0.167 e. The largest absolute Gasteiger partial charge is 0.378 e. The van der Waals surface area contributed by atoms with E-state index in [4.69, 9.17) is 0 Å². The van der Waals surface area contributed by atoms with Gasteiger partial charge in [0.15, 0.2) is 5.78 Å². The van der Waals surface area contributed by atoms with Crippen LogP contribution in [0.25, 0.3) is 0 Å². The normalized spacial score (nSPS) is 10.4. The third kappa shape index (κ3) is 3.02. The molecule has 2 aromatic carbocycles. The van der Waals surface area contributed by atoms with Crippen LogP contribution in [0.1, 0.15) is 15.9 Å². The molecule has 0 amide bonds. The first-order chi connectivity index (χ1) is 9.49. The van der Waals surface area contributed by atoms with Gasteiger partial charge in [-0.2, -0.15) is 0 Å². The molecule has 0 aliphatic rings. The zero-order valence-corrected chi connectivity index (χ0v) is 11.4. The van der Waals surface area contributed by atoms with E-state index in [2.05, 4.69) is 0 Å². The first-order valence-electron chi connectivity index (χ1n) is 6.22. The summed E-state index contributed by atoms with van der Waals surface area (Å²) in [6.07, 6.45) is -0.278. The molecule has 0 bridgehead atoms. The van der Waals surface area contributed by atoms with E-state index < -0.39 is 11.6 Å². The van der Waals surface area contributed by atoms with Crippen molar-refractivity contribution in [2.24, 2.45) is 0 Å². The Morgan fingerprint density at radius 3 is 2.05 bits per heavy atom. The van der Waals surface area contributed by atoms with Gasteiger partial charge >= 0.3 is 0 Å². The number of rotatable bonds is 4. The van der Waals surface area contributed by atoms with Crippen molar-refractivity contribution >= 4 is 11.5 Å². The number of nitrogens with zero attached hydrogens (tertiary/aromatic N) is 1. The van der Waals surface area contributed by atoms with Crippen molar-refractivity contribution < 1.29 is 13.6 Å². The SMILES string of the molecule is CN(C)c1ccc(C(=O)Cc2c(F)cccc2F)cc1. The summed E-state index contributed by atoms with van der Waals surface area (Å²) >= 11 is 0. The van der Waals surface area contributed by atoms with Gasteiger partial charge in [0.2, 0.25) is 0 Å². The second-order valence-corrected chi connectivity index (χ2v) is 4.74. The van der Waals surface area contributed by atoms with Gasteiger partial charge < -0.3 is 4.90 Å². The van der Waals surface area contributed by atoms with Gasteiger partial charge in [-0.1, -0.05) is 6.07 Å². The van der Waals surface area contributed by atoms with Gasteiger partial charge in [0.05, 0.1) is 0 Å². The molecule has 4 heteroatoms. The van der Waals surface area contributed by atoms with Gasteiger partial charge in [0.1, 0.15) is 11.6 Å². The van der Waals surface area contributed by atoms with Crippen molar-refractivity contribution in [2.45, 2.75) is 6.42 Å². The van der Waals surface area contributed by atoms with Crippen molar-refractivity contribution in [2.75, 3.05) is 19.0 Å². The van der Waals surface area contributed by atoms with Crippen LogP contribution in [0.3, 0.4) is 0 Å². The first-order valence-corrected chi connectivity index (χ1v) is 6.22. The Labute approximate surface area is 116 Å². The fraction of sp³-hybridized carbons (Fsp3) is 0.188. The maximum Gasteiger partial charge on any atom is 0.167 e. The van der Waals surface area contributed by atoms with E-state index in [0.29, 0.717) is 5.56 Å². The second kappa shape index (κ2) is 5.82. The van der Waals surface area contributed by atoms with Crippen LogP contribution in [0.4, 0.5) is 14.5 Å². The minimum absolute atomic E-state index is 0.186. The molecule has 0 aliphatic heterocycles. The quantitative estimate of drug-likeness (QED) is 0.796. The molecule has 2 nitrogen and oxygen atoms in total. The Bertz CT molecular complexity index is 601. The third-order valence-electron chi connectivity index (χ3n) is 3.10. The lowest BCUT2D eigenvalue weighted by Crippen LogP contribution is -2.10. The minimum Gasteiger partial charge on any atom is -0.378 e. The molecule has 0 saturated heterocycles. The van der Waals surface area contributed by atoms with Gasteiger partial charge in [-0.25, -0.2) is 8.78 Å². The lowest BCUT2D eigenvalue weighted by Gasteiger charge is -2.12. The molecule has 0 heterocycles. The molecule has 2 rings (SSSR count). The average Bonchev–Trinajstić information content (AvgIpc) is 2.43. The molecule has 20 heavy (non-hydrogen) atoms. The highest BCUT2D eigenvalue weighted by Gasteiger charge is 2.14.